The Morgan fingerprint density at radius 3 is 2.56 bits per heavy atom. The van der Waals surface area contributed by atoms with E-state index in [1.54, 1.807) is 12.1 Å². The number of halogens is 2. The van der Waals surface area contributed by atoms with E-state index in [0.29, 0.717) is 23.3 Å². The molecule has 1 aromatic rings. The van der Waals surface area contributed by atoms with Crippen LogP contribution in [0.25, 0.3) is 0 Å². The average Bonchev–Trinajstić information content (AvgIpc) is 2.32. The van der Waals surface area contributed by atoms with Gasteiger partial charge in [0.15, 0.2) is 0 Å². The van der Waals surface area contributed by atoms with Gasteiger partial charge in [0.05, 0.1) is 10.7 Å². The third kappa shape index (κ3) is 4.73. The van der Waals surface area contributed by atoms with E-state index in [1.807, 2.05) is 0 Å². The number of nitrogens with two attached hydrogens (primary N) is 1. The first-order valence-corrected chi connectivity index (χ1v) is 6.87. The second-order valence-electron chi connectivity index (χ2n) is 5.23. The van der Waals surface area contributed by atoms with Crippen LogP contribution >= 0.6 is 23.2 Å². The first kappa shape index (κ1) is 15.7. The Labute approximate surface area is 119 Å². The van der Waals surface area contributed by atoms with Crippen molar-refractivity contribution in [2.45, 2.75) is 27.3 Å². The summed E-state index contributed by atoms with van der Waals surface area (Å²) in [6.07, 6.45) is 0. The van der Waals surface area contributed by atoms with E-state index in [4.69, 9.17) is 28.9 Å². The van der Waals surface area contributed by atoms with E-state index in [2.05, 4.69) is 30.7 Å². The maximum atomic E-state index is 6.13. The van der Waals surface area contributed by atoms with E-state index in [9.17, 15) is 0 Å². The number of aromatic nitrogens is 1. The molecule has 5 heteroatoms. The van der Waals surface area contributed by atoms with Crippen molar-refractivity contribution >= 4 is 23.2 Å². The van der Waals surface area contributed by atoms with Gasteiger partial charge in [-0.05, 0) is 30.6 Å². The van der Waals surface area contributed by atoms with Crippen LogP contribution in [0.5, 0.6) is 0 Å². The molecule has 0 fully saturated rings. The van der Waals surface area contributed by atoms with Crippen LogP contribution in [-0.4, -0.2) is 29.5 Å². The van der Waals surface area contributed by atoms with Gasteiger partial charge in [-0.2, -0.15) is 0 Å². The molecular weight excluding hydrogens is 269 g/mol. The molecule has 18 heavy (non-hydrogen) atoms. The standard InChI is InChI=1S/C13H21Cl2N3/c1-4-18(9-13(2,3)8-16)7-11-10(14)5-6-12(15)17-11/h5-6H,4,7-9,16H2,1-3H3. The highest BCUT2D eigenvalue weighted by atomic mass is 35.5. The second-order valence-corrected chi connectivity index (χ2v) is 6.03. The van der Waals surface area contributed by atoms with Gasteiger partial charge in [0.25, 0.3) is 0 Å². The summed E-state index contributed by atoms with van der Waals surface area (Å²) in [6, 6.07) is 3.49. The van der Waals surface area contributed by atoms with E-state index in [1.165, 1.54) is 0 Å². The molecule has 0 saturated heterocycles. The van der Waals surface area contributed by atoms with Crippen molar-refractivity contribution in [1.29, 1.82) is 0 Å². The summed E-state index contributed by atoms with van der Waals surface area (Å²) in [5, 5.41) is 1.13. The molecule has 1 heterocycles. The summed E-state index contributed by atoms with van der Waals surface area (Å²) in [6.45, 7) is 9.61. The van der Waals surface area contributed by atoms with E-state index in [0.717, 1.165) is 18.8 Å². The van der Waals surface area contributed by atoms with Crippen LogP contribution in [-0.2, 0) is 6.54 Å². The molecule has 0 aliphatic rings. The van der Waals surface area contributed by atoms with Gasteiger partial charge in [-0.1, -0.05) is 44.0 Å². The molecule has 3 nitrogen and oxygen atoms in total. The first-order valence-electron chi connectivity index (χ1n) is 6.11. The van der Waals surface area contributed by atoms with Crippen molar-refractivity contribution in [3.8, 4) is 0 Å². The molecule has 0 aliphatic heterocycles. The monoisotopic (exact) mass is 289 g/mol. The van der Waals surface area contributed by atoms with Gasteiger partial charge in [-0.3, -0.25) is 4.90 Å². The highest BCUT2D eigenvalue weighted by molar-refractivity contribution is 6.32. The van der Waals surface area contributed by atoms with Gasteiger partial charge in [-0.25, -0.2) is 4.98 Å². The smallest absolute Gasteiger partial charge is 0.129 e. The highest BCUT2D eigenvalue weighted by Crippen LogP contribution is 2.21. The third-order valence-electron chi connectivity index (χ3n) is 2.91. The van der Waals surface area contributed by atoms with Gasteiger partial charge in [-0.15, -0.1) is 0 Å². The maximum Gasteiger partial charge on any atom is 0.129 e. The minimum atomic E-state index is 0.0844. The first-order chi connectivity index (χ1) is 8.38. The van der Waals surface area contributed by atoms with Gasteiger partial charge < -0.3 is 5.73 Å². The van der Waals surface area contributed by atoms with Crippen LogP contribution in [0.15, 0.2) is 12.1 Å². The Morgan fingerprint density at radius 1 is 1.33 bits per heavy atom. The quantitative estimate of drug-likeness (QED) is 0.818. The summed E-state index contributed by atoms with van der Waals surface area (Å²) in [7, 11) is 0. The molecule has 0 aromatic carbocycles. The van der Waals surface area contributed by atoms with Gasteiger partial charge in [0, 0.05) is 13.1 Å². The molecule has 0 aliphatic carbocycles. The minimum absolute atomic E-state index is 0.0844. The number of hydrogen-bond donors (Lipinski definition) is 1. The van der Waals surface area contributed by atoms with Crippen molar-refractivity contribution in [1.82, 2.24) is 9.88 Å². The predicted molar refractivity (Wildman–Crippen MR) is 78.0 cm³/mol. The number of rotatable bonds is 6. The molecule has 1 rings (SSSR count). The predicted octanol–water partition coefficient (Wildman–Crippen LogP) is 3.20. The molecule has 0 saturated carbocycles. The Bertz CT molecular complexity index is 394. The normalized spacial score (nSPS) is 12.2. The SMILES string of the molecule is CCN(Cc1nc(Cl)ccc1Cl)CC(C)(C)CN. The topological polar surface area (TPSA) is 42.2 Å². The molecule has 0 unspecified atom stereocenters. The number of hydrogen-bond acceptors (Lipinski definition) is 3. The molecule has 2 N–H and O–H groups in total. The van der Waals surface area contributed by atoms with Gasteiger partial charge in [0.2, 0.25) is 0 Å². The lowest BCUT2D eigenvalue weighted by Gasteiger charge is -2.30. The zero-order valence-electron chi connectivity index (χ0n) is 11.2. The fourth-order valence-corrected chi connectivity index (χ4v) is 2.06. The van der Waals surface area contributed by atoms with Gasteiger partial charge in [0.1, 0.15) is 5.15 Å². The van der Waals surface area contributed by atoms with Crippen molar-refractivity contribution in [2.24, 2.45) is 11.1 Å². The fourth-order valence-electron chi connectivity index (χ4n) is 1.73. The molecule has 0 atom stereocenters. The molecular formula is C13H21Cl2N3. The van der Waals surface area contributed by atoms with Crippen LogP contribution in [0.1, 0.15) is 26.5 Å². The average molecular weight is 290 g/mol. The molecule has 0 radical (unpaired) electrons. The van der Waals surface area contributed by atoms with Crippen LogP contribution in [0.3, 0.4) is 0 Å². The zero-order valence-corrected chi connectivity index (χ0v) is 12.7. The van der Waals surface area contributed by atoms with Crippen molar-refractivity contribution < 1.29 is 0 Å². The van der Waals surface area contributed by atoms with Crippen LogP contribution in [0.2, 0.25) is 10.2 Å². The highest BCUT2D eigenvalue weighted by Gasteiger charge is 2.20. The molecule has 0 amide bonds. The Morgan fingerprint density at radius 2 is 2.00 bits per heavy atom. The zero-order chi connectivity index (χ0) is 13.8. The Hall–Kier alpha value is -0.350. The summed E-state index contributed by atoms with van der Waals surface area (Å²) in [5.41, 5.74) is 6.67. The molecule has 0 bridgehead atoms. The van der Waals surface area contributed by atoms with E-state index < -0.39 is 0 Å². The maximum absolute atomic E-state index is 6.13. The van der Waals surface area contributed by atoms with Crippen LogP contribution in [0.4, 0.5) is 0 Å². The van der Waals surface area contributed by atoms with E-state index in [-0.39, 0.29) is 5.41 Å². The van der Waals surface area contributed by atoms with Crippen LogP contribution in [0, 0.1) is 5.41 Å². The van der Waals surface area contributed by atoms with Crippen molar-refractivity contribution in [2.75, 3.05) is 19.6 Å². The molecule has 1 aromatic heterocycles. The lowest BCUT2D eigenvalue weighted by molar-refractivity contribution is 0.182. The number of pyridine rings is 1. The van der Waals surface area contributed by atoms with Crippen LogP contribution < -0.4 is 5.73 Å². The Kier molecular flexibility index (Phi) is 5.86. The van der Waals surface area contributed by atoms with Gasteiger partial charge >= 0.3 is 0 Å². The summed E-state index contributed by atoms with van der Waals surface area (Å²) in [5.74, 6) is 0. The summed E-state index contributed by atoms with van der Waals surface area (Å²) < 4.78 is 0. The fraction of sp³-hybridized carbons (Fsp3) is 0.615. The third-order valence-corrected chi connectivity index (χ3v) is 3.46. The molecule has 0 spiro atoms. The molecule has 102 valence electrons. The lowest BCUT2D eigenvalue weighted by Crippen LogP contribution is -2.38. The summed E-state index contributed by atoms with van der Waals surface area (Å²) >= 11 is 12.0. The van der Waals surface area contributed by atoms with Crippen molar-refractivity contribution in [3.63, 3.8) is 0 Å². The second kappa shape index (κ2) is 6.71. The van der Waals surface area contributed by atoms with E-state index >= 15 is 0 Å². The minimum Gasteiger partial charge on any atom is -0.330 e. The van der Waals surface area contributed by atoms with Crippen molar-refractivity contribution in [3.05, 3.63) is 28.0 Å². The summed E-state index contributed by atoms with van der Waals surface area (Å²) in [4.78, 5) is 6.55. The number of nitrogens with zero attached hydrogens (tertiary/aromatic N) is 2. The lowest BCUT2D eigenvalue weighted by atomic mass is 9.93. The Balaban J connectivity index is 2.77. The largest absolute Gasteiger partial charge is 0.330 e.